The number of amides is 2. The highest BCUT2D eigenvalue weighted by Gasteiger charge is 2.10. The number of benzene rings is 1. The zero-order valence-electron chi connectivity index (χ0n) is 15.5. The van der Waals surface area contributed by atoms with Gasteiger partial charge in [-0.1, -0.05) is 6.07 Å². The van der Waals surface area contributed by atoms with Crippen molar-refractivity contribution >= 4 is 11.7 Å². The Bertz CT molecular complexity index is 737. The monoisotopic (exact) mass is 357 g/mol. The summed E-state index contributed by atoms with van der Waals surface area (Å²) < 4.78 is 7.21. The van der Waals surface area contributed by atoms with E-state index in [4.69, 9.17) is 4.74 Å². The van der Waals surface area contributed by atoms with Crippen LogP contribution in [0, 0.1) is 13.8 Å². The first-order chi connectivity index (χ1) is 12.6. The number of aryl methyl sites for hydroxylation is 2. The van der Waals surface area contributed by atoms with E-state index in [0.717, 1.165) is 62.0 Å². The number of hydrogen-bond acceptors (Lipinski definition) is 4. The molecule has 0 radical (unpaired) electrons. The highest BCUT2D eigenvalue weighted by atomic mass is 16.5. The molecule has 1 aliphatic rings. The van der Waals surface area contributed by atoms with Crippen LogP contribution in [0.3, 0.4) is 0 Å². The predicted octanol–water partition coefficient (Wildman–Crippen LogP) is 2.33. The van der Waals surface area contributed by atoms with Gasteiger partial charge in [-0.3, -0.25) is 4.90 Å². The van der Waals surface area contributed by atoms with E-state index in [2.05, 4.69) is 20.6 Å². The van der Waals surface area contributed by atoms with Crippen LogP contribution >= 0.6 is 0 Å². The molecule has 7 nitrogen and oxygen atoms in total. The average Bonchev–Trinajstić information content (AvgIpc) is 2.98. The molecule has 0 unspecified atom stereocenters. The fourth-order valence-electron chi connectivity index (χ4n) is 3.11. The molecular weight excluding hydrogens is 330 g/mol. The summed E-state index contributed by atoms with van der Waals surface area (Å²) in [6.45, 7) is 9.18. The van der Waals surface area contributed by atoms with Crippen molar-refractivity contribution in [1.29, 1.82) is 0 Å². The molecule has 1 aliphatic heterocycles. The molecule has 2 heterocycles. The predicted molar refractivity (Wildman–Crippen MR) is 102 cm³/mol. The van der Waals surface area contributed by atoms with Crippen molar-refractivity contribution < 1.29 is 9.53 Å². The molecule has 2 aromatic rings. The van der Waals surface area contributed by atoms with Gasteiger partial charge in [0.1, 0.15) is 0 Å². The van der Waals surface area contributed by atoms with Gasteiger partial charge in [0.2, 0.25) is 0 Å². The van der Waals surface area contributed by atoms with Crippen LogP contribution in [0.5, 0.6) is 0 Å². The number of aromatic nitrogens is 2. The second kappa shape index (κ2) is 8.82. The number of rotatable bonds is 6. The van der Waals surface area contributed by atoms with Crippen molar-refractivity contribution in [1.82, 2.24) is 20.0 Å². The zero-order chi connectivity index (χ0) is 18.4. The van der Waals surface area contributed by atoms with E-state index in [0.29, 0.717) is 6.54 Å². The van der Waals surface area contributed by atoms with Crippen molar-refractivity contribution in [2.24, 2.45) is 0 Å². The third-order valence-corrected chi connectivity index (χ3v) is 4.40. The molecule has 2 amide bonds. The standard InChI is InChI=1S/C19H27N5O2/c1-15-13-16(2)24(22-15)18-6-3-5-17(14-18)21-19(25)20-7-4-8-23-9-11-26-12-10-23/h3,5-6,13-14H,4,7-12H2,1-2H3,(H2,20,21,25). The van der Waals surface area contributed by atoms with Crippen molar-refractivity contribution in [3.8, 4) is 5.69 Å². The van der Waals surface area contributed by atoms with Crippen LogP contribution in [-0.4, -0.2) is 60.1 Å². The minimum atomic E-state index is -0.183. The molecule has 0 aliphatic carbocycles. The SMILES string of the molecule is Cc1cc(C)n(-c2cccc(NC(=O)NCCCN3CCOCC3)c2)n1. The lowest BCUT2D eigenvalue weighted by atomic mass is 10.2. The van der Waals surface area contributed by atoms with E-state index in [-0.39, 0.29) is 6.03 Å². The Morgan fingerprint density at radius 3 is 2.77 bits per heavy atom. The number of carbonyl (C=O) groups excluding carboxylic acids is 1. The van der Waals surface area contributed by atoms with Gasteiger partial charge in [0.15, 0.2) is 0 Å². The molecule has 7 heteroatoms. The second-order valence-corrected chi connectivity index (χ2v) is 6.58. The van der Waals surface area contributed by atoms with E-state index in [1.54, 1.807) is 0 Å². The minimum Gasteiger partial charge on any atom is -0.379 e. The summed E-state index contributed by atoms with van der Waals surface area (Å²) in [7, 11) is 0. The number of morpholine rings is 1. The number of carbonyl (C=O) groups is 1. The Morgan fingerprint density at radius 1 is 1.23 bits per heavy atom. The van der Waals surface area contributed by atoms with Gasteiger partial charge in [-0.15, -0.1) is 0 Å². The summed E-state index contributed by atoms with van der Waals surface area (Å²) in [6, 6.07) is 9.54. The average molecular weight is 357 g/mol. The number of urea groups is 1. The van der Waals surface area contributed by atoms with Gasteiger partial charge >= 0.3 is 6.03 Å². The van der Waals surface area contributed by atoms with Gasteiger partial charge in [0.25, 0.3) is 0 Å². The molecule has 26 heavy (non-hydrogen) atoms. The molecular formula is C19H27N5O2. The van der Waals surface area contributed by atoms with Crippen LogP contribution in [0.4, 0.5) is 10.5 Å². The number of nitrogens with zero attached hydrogens (tertiary/aromatic N) is 3. The van der Waals surface area contributed by atoms with Crippen molar-refractivity contribution in [2.75, 3.05) is 44.7 Å². The van der Waals surface area contributed by atoms with E-state index in [1.807, 2.05) is 48.9 Å². The smallest absolute Gasteiger partial charge is 0.319 e. The van der Waals surface area contributed by atoms with Crippen LogP contribution in [0.15, 0.2) is 30.3 Å². The van der Waals surface area contributed by atoms with Crippen LogP contribution in [0.1, 0.15) is 17.8 Å². The maximum absolute atomic E-state index is 12.1. The summed E-state index contributed by atoms with van der Waals surface area (Å²) in [5, 5.41) is 10.3. The number of nitrogens with one attached hydrogen (secondary N) is 2. The molecule has 0 spiro atoms. The first-order valence-electron chi connectivity index (χ1n) is 9.10. The highest BCUT2D eigenvalue weighted by molar-refractivity contribution is 5.89. The maximum Gasteiger partial charge on any atom is 0.319 e. The van der Waals surface area contributed by atoms with Crippen LogP contribution < -0.4 is 10.6 Å². The lowest BCUT2D eigenvalue weighted by Crippen LogP contribution is -2.38. The number of anilines is 1. The van der Waals surface area contributed by atoms with Gasteiger partial charge in [0.05, 0.1) is 24.6 Å². The van der Waals surface area contributed by atoms with E-state index in [1.165, 1.54) is 0 Å². The minimum absolute atomic E-state index is 0.183. The maximum atomic E-state index is 12.1. The largest absolute Gasteiger partial charge is 0.379 e. The molecule has 140 valence electrons. The summed E-state index contributed by atoms with van der Waals surface area (Å²) in [4.78, 5) is 14.5. The number of ether oxygens (including phenoxy) is 1. The Morgan fingerprint density at radius 2 is 2.04 bits per heavy atom. The molecule has 1 saturated heterocycles. The molecule has 1 fully saturated rings. The van der Waals surface area contributed by atoms with E-state index in [9.17, 15) is 4.79 Å². The van der Waals surface area contributed by atoms with Crippen LogP contribution in [0.25, 0.3) is 5.69 Å². The normalized spacial score (nSPS) is 15.0. The van der Waals surface area contributed by atoms with E-state index >= 15 is 0 Å². The third-order valence-electron chi connectivity index (χ3n) is 4.40. The van der Waals surface area contributed by atoms with Gasteiger partial charge in [0, 0.05) is 31.0 Å². The fourth-order valence-corrected chi connectivity index (χ4v) is 3.11. The molecule has 3 rings (SSSR count). The molecule has 1 aromatic carbocycles. The summed E-state index contributed by atoms with van der Waals surface area (Å²) in [6.07, 6.45) is 0.930. The molecule has 0 atom stereocenters. The van der Waals surface area contributed by atoms with Gasteiger partial charge in [-0.25, -0.2) is 9.48 Å². The topological polar surface area (TPSA) is 71.4 Å². The second-order valence-electron chi connectivity index (χ2n) is 6.58. The Labute approximate surface area is 154 Å². The summed E-state index contributed by atoms with van der Waals surface area (Å²) in [5.74, 6) is 0. The lowest BCUT2D eigenvalue weighted by molar-refractivity contribution is 0.0375. The summed E-state index contributed by atoms with van der Waals surface area (Å²) in [5.41, 5.74) is 3.72. The third kappa shape index (κ3) is 5.06. The van der Waals surface area contributed by atoms with Gasteiger partial charge in [-0.2, -0.15) is 5.10 Å². The fraction of sp³-hybridized carbons (Fsp3) is 0.474. The van der Waals surface area contributed by atoms with Crippen LogP contribution in [-0.2, 0) is 4.74 Å². The quantitative estimate of drug-likeness (QED) is 0.779. The summed E-state index contributed by atoms with van der Waals surface area (Å²) >= 11 is 0. The first kappa shape index (κ1) is 18.4. The van der Waals surface area contributed by atoms with Crippen molar-refractivity contribution in [2.45, 2.75) is 20.3 Å². The lowest BCUT2D eigenvalue weighted by Gasteiger charge is -2.26. The van der Waals surface area contributed by atoms with E-state index < -0.39 is 0 Å². The molecule has 0 saturated carbocycles. The zero-order valence-corrected chi connectivity index (χ0v) is 15.5. The Hall–Kier alpha value is -2.38. The first-order valence-corrected chi connectivity index (χ1v) is 9.10. The highest BCUT2D eigenvalue weighted by Crippen LogP contribution is 2.16. The van der Waals surface area contributed by atoms with Crippen molar-refractivity contribution in [3.05, 3.63) is 41.7 Å². The molecule has 1 aromatic heterocycles. The van der Waals surface area contributed by atoms with Crippen LogP contribution in [0.2, 0.25) is 0 Å². The van der Waals surface area contributed by atoms with Gasteiger partial charge in [-0.05, 0) is 51.1 Å². The Balaban J connectivity index is 1.47. The van der Waals surface area contributed by atoms with Gasteiger partial charge < -0.3 is 15.4 Å². The number of hydrogen-bond donors (Lipinski definition) is 2. The Kier molecular flexibility index (Phi) is 6.25. The molecule has 0 bridgehead atoms. The van der Waals surface area contributed by atoms with Crippen molar-refractivity contribution in [3.63, 3.8) is 0 Å². The molecule has 2 N–H and O–H groups in total.